The Bertz CT molecular complexity index is 1010. The number of pyridine rings is 1. The van der Waals surface area contributed by atoms with Crippen LogP contribution in [0.2, 0.25) is 5.02 Å². The number of anilines is 1. The van der Waals surface area contributed by atoms with Gasteiger partial charge in [0.25, 0.3) is 5.91 Å². The van der Waals surface area contributed by atoms with E-state index in [4.69, 9.17) is 21.1 Å². The highest BCUT2D eigenvalue weighted by Crippen LogP contribution is 2.29. The molecule has 2 heterocycles. The minimum atomic E-state index is -0.483. The molecule has 0 fully saturated rings. The van der Waals surface area contributed by atoms with Crippen LogP contribution in [-0.2, 0) is 0 Å². The highest BCUT2D eigenvalue weighted by atomic mass is 35.5. The Morgan fingerprint density at radius 1 is 1.32 bits per heavy atom. The predicted octanol–water partition coefficient (Wildman–Crippen LogP) is 5.05. The average molecular weight is 422 g/mol. The monoisotopic (exact) mass is 421 g/mol. The minimum absolute atomic E-state index is 0.0822. The molecule has 0 aliphatic carbocycles. The maximum absolute atomic E-state index is 13.9. The lowest BCUT2D eigenvalue weighted by Gasteiger charge is -2.10. The molecule has 28 heavy (non-hydrogen) atoms. The smallest absolute Gasteiger partial charge is 0.259 e. The molecular weight excluding hydrogens is 405 g/mol. The highest BCUT2D eigenvalue weighted by Gasteiger charge is 2.14. The van der Waals surface area contributed by atoms with Crippen molar-refractivity contribution >= 4 is 34.0 Å². The van der Waals surface area contributed by atoms with E-state index < -0.39 is 11.7 Å². The number of hydrogen-bond donors (Lipinski definition) is 1. The molecule has 0 atom stereocenters. The first-order chi connectivity index (χ1) is 13.4. The Kier molecular flexibility index (Phi) is 6.11. The molecular formula is C19H17ClFN3O3S. The van der Waals surface area contributed by atoms with Gasteiger partial charge in [0.2, 0.25) is 5.88 Å². The van der Waals surface area contributed by atoms with Crippen molar-refractivity contribution in [3.05, 3.63) is 52.2 Å². The molecule has 6 nitrogen and oxygen atoms in total. The first-order valence-electron chi connectivity index (χ1n) is 8.30. The van der Waals surface area contributed by atoms with E-state index in [-0.39, 0.29) is 28.3 Å². The Morgan fingerprint density at radius 2 is 2.11 bits per heavy atom. The lowest BCUT2D eigenvalue weighted by molar-refractivity contribution is 0.102. The van der Waals surface area contributed by atoms with Gasteiger partial charge in [0.05, 0.1) is 24.5 Å². The molecule has 1 aromatic carbocycles. The van der Waals surface area contributed by atoms with Gasteiger partial charge in [-0.3, -0.25) is 10.1 Å². The van der Waals surface area contributed by atoms with Crippen molar-refractivity contribution in [3.63, 3.8) is 0 Å². The van der Waals surface area contributed by atoms with Gasteiger partial charge in [0.1, 0.15) is 5.02 Å². The van der Waals surface area contributed by atoms with Crippen LogP contribution >= 0.6 is 22.9 Å². The second-order valence-electron chi connectivity index (χ2n) is 6.02. The Hall–Kier alpha value is -2.71. The van der Waals surface area contributed by atoms with E-state index in [1.807, 2.05) is 13.8 Å². The van der Waals surface area contributed by atoms with Gasteiger partial charge in [-0.15, -0.1) is 11.3 Å². The molecule has 146 valence electrons. The SMILES string of the molecule is COc1ccc(-c2csc(NC(=O)c3cnc(OC(C)C)c(Cl)c3)n2)cc1F. The van der Waals surface area contributed by atoms with Crippen molar-refractivity contribution in [2.24, 2.45) is 0 Å². The van der Waals surface area contributed by atoms with E-state index in [9.17, 15) is 9.18 Å². The fourth-order valence-corrected chi connectivity index (χ4v) is 3.24. The number of thiazole rings is 1. The summed E-state index contributed by atoms with van der Waals surface area (Å²) in [5.41, 5.74) is 1.39. The zero-order chi connectivity index (χ0) is 20.3. The van der Waals surface area contributed by atoms with Crippen LogP contribution < -0.4 is 14.8 Å². The van der Waals surface area contributed by atoms with Crippen molar-refractivity contribution in [1.82, 2.24) is 9.97 Å². The van der Waals surface area contributed by atoms with E-state index in [0.717, 1.165) is 0 Å². The van der Waals surface area contributed by atoms with Crippen molar-refractivity contribution < 1.29 is 18.7 Å². The summed E-state index contributed by atoms with van der Waals surface area (Å²) < 4.78 is 24.2. The number of nitrogens with zero attached hydrogens (tertiary/aromatic N) is 2. The third-order valence-corrected chi connectivity index (χ3v) is 4.62. The summed E-state index contributed by atoms with van der Waals surface area (Å²) in [5, 5.41) is 5.02. The van der Waals surface area contributed by atoms with Gasteiger partial charge in [-0.2, -0.15) is 0 Å². The number of nitrogens with one attached hydrogen (secondary N) is 1. The van der Waals surface area contributed by atoms with Gasteiger partial charge in [-0.1, -0.05) is 11.6 Å². The molecule has 0 saturated heterocycles. The maximum atomic E-state index is 13.9. The highest BCUT2D eigenvalue weighted by molar-refractivity contribution is 7.14. The van der Waals surface area contributed by atoms with E-state index in [1.54, 1.807) is 11.4 Å². The Labute approximate surface area is 170 Å². The Morgan fingerprint density at radius 3 is 2.75 bits per heavy atom. The molecule has 0 unspecified atom stereocenters. The summed E-state index contributed by atoms with van der Waals surface area (Å²) in [5.74, 6) is -0.469. The molecule has 9 heteroatoms. The fourth-order valence-electron chi connectivity index (χ4n) is 2.32. The van der Waals surface area contributed by atoms with Gasteiger partial charge in [0, 0.05) is 17.1 Å². The van der Waals surface area contributed by atoms with Gasteiger partial charge in [0.15, 0.2) is 16.7 Å². The number of amides is 1. The number of rotatable bonds is 6. The number of carbonyl (C=O) groups is 1. The van der Waals surface area contributed by atoms with E-state index >= 15 is 0 Å². The molecule has 0 aliphatic rings. The van der Waals surface area contributed by atoms with Crippen LogP contribution in [0, 0.1) is 5.82 Å². The lowest BCUT2D eigenvalue weighted by atomic mass is 10.1. The fraction of sp³-hybridized carbons (Fsp3) is 0.211. The van der Waals surface area contributed by atoms with Crippen LogP contribution in [0.25, 0.3) is 11.3 Å². The molecule has 0 radical (unpaired) electrons. The number of hydrogen-bond acceptors (Lipinski definition) is 6. The average Bonchev–Trinajstić information content (AvgIpc) is 3.11. The largest absolute Gasteiger partial charge is 0.494 e. The summed E-state index contributed by atoms with van der Waals surface area (Å²) >= 11 is 7.34. The first kappa shape index (κ1) is 20.0. The lowest BCUT2D eigenvalue weighted by Crippen LogP contribution is -2.13. The molecule has 1 amide bonds. The van der Waals surface area contributed by atoms with Crippen LogP contribution in [0.1, 0.15) is 24.2 Å². The number of aromatic nitrogens is 2. The second kappa shape index (κ2) is 8.53. The van der Waals surface area contributed by atoms with Crippen LogP contribution in [0.4, 0.5) is 9.52 Å². The molecule has 3 rings (SSSR count). The molecule has 0 aliphatic heterocycles. The van der Waals surface area contributed by atoms with Gasteiger partial charge < -0.3 is 9.47 Å². The zero-order valence-corrected chi connectivity index (χ0v) is 16.9. The van der Waals surface area contributed by atoms with Crippen LogP contribution in [-0.4, -0.2) is 29.1 Å². The number of benzene rings is 1. The summed E-state index contributed by atoms with van der Waals surface area (Å²) in [6.07, 6.45) is 1.30. The number of ether oxygens (including phenoxy) is 2. The van der Waals surface area contributed by atoms with E-state index in [0.29, 0.717) is 16.4 Å². The summed E-state index contributed by atoms with van der Waals surface area (Å²) in [4.78, 5) is 20.8. The molecule has 1 N–H and O–H groups in total. The molecule has 0 bridgehead atoms. The number of carbonyl (C=O) groups excluding carboxylic acids is 1. The van der Waals surface area contributed by atoms with Gasteiger partial charge in [-0.25, -0.2) is 14.4 Å². The normalized spacial score (nSPS) is 10.8. The maximum Gasteiger partial charge on any atom is 0.259 e. The standard InChI is InChI=1S/C19H17ClFN3O3S/c1-10(2)27-18-13(20)6-12(8-22-18)17(25)24-19-23-15(9-28-19)11-4-5-16(26-3)14(21)7-11/h4-10H,1-3H3,(H,23,24,25). The van der Waals surface area contributed by atoms with Gasteiger partial charge >= 0.3 is 0 Å². The first-order valence-corrected chi connectivity index (χ1v) is 9.56. The second-order valence-corrected chi connectivity index (χ2v) is 7.28. The van der Waals surface area contributed by atoms with Crippen molar-refractivity contribution in [3.8, 4) is 22.9 Å². The van der Waals surface area contributed by atoms with E-state index in [2.05, 4.69) is 15.3 Å². The molecule has 0 spiro atoms. The minimum Gasteiger partial charge on any atom is -0.494 e. The molecule has 3 aromatic rings. The van der Waals surface area contributed by atoms with Crippen molar-refractivity contribution in [2.75, 3.05) is 12.4 Å². The van der Waals surface area contributed by atoms with Crippen molar-refractivity contribution in [1.29, 1.82) is 0 Å². The third kappa shape index (κ3) is 4.58. The van der Waals surface area contributed by atoms with Crippen LogP contribution in [0.3, 0.4) is 0 Å². The number of halogens is 2. The predicted molar refractivity (Wildman–Crippen MR) is 107 cm³/mol. The number of methoxy groups -OCH3 is 1. The molecule has 2 aromatic heterocycles. The van der Waals surface area contributed by atoms with Crippen LogP contribution in [0.5, 0.6) is 11.6 Å². The Balaban J connectivity index is 1.73. The van der Waals surface area contributed by atoms with E-state index in [1.165, 1.54) is 42.8 Å². The zero-order valence-electron chi connectivity index (χ0n) is 15.3. The third-order valence-electron chi connectivity index (χ3n) is 3.59. The topological polar surface area (TPSA) is 73.3 Å². The summed E-state index contributed by atoms with van der Waals surface area (Å²) in [6.45, 7) is 3.71. The summed E-state index contributed by atoms with van der Waals surface area (Å²) in [7, 11) is 1.40. The summed E-state index contributed by atoms with van der Waals surface area (Å²) in [6, 6.07) is 6.03. The van der Waals surface area contributed by atoms with Crippen molar-refractivity contribution in [2.45, 2.75) is 20.0 Å². The molecule has 0 saturated carbocycles. The van der Waals surface area contributed by atoms with Crippen LogP contribution in [0.15, 0.2) is 35.8 Å². The quantitative estimate of drug-likeness (QED) is 0.603. The van der Waals surface area contributed by atoms with Gasteiger partial charge in [-0.05, 0) is 38.1 Å².